The molecule has 1 aromatic rings. The molecule has 0 aliphatic carbocycles. The maximum absolute atomic E-state index is 11.7. The first kappa shape index (κ1) is 14.9. The molecule has 3 N–H and O–H groups in total. The third kappa shape index (κ3) is 4.58. The average molecular weight is 293 g/mol. The van der Waals surface area contributed by atoms with Crippen LogP contribution in [0.2, 0.25) is 10.2 Å². The molecule has 1 unspecified atom stereocenters. The number of carboxylic acid groups (broad SMARTS) is 1. The van der Waals surface area contributed by atoms with Crippen molar-refractivity contribution >= 4 is 35.1 Å². The van der Waals surface area contributed by atoms with Crippen molar-refractivity contribution in [2.24, 2.45) is 0 Å². The van der Waals surface area contributed by atoms with Crippen molar-refractivity contribution in [3.05, 3.63) is 21.9 Å². The van der Waals surface area contributed by atoms with Crippen LogP contribution in [0.4, 0.5) is 0 Å². The summed E-state index contributed by atoms with van der Waals surface area (Å²) in [6.07, 6.45) is 1.21. The molecule has 0 saturated carbocycles. The Balaban J connectivity index is 2.42. The minimum Gasteiger partial charge on any atom is -0.481 e. The van der Waals surface area contributed by atoms with E-state index < -0.39 is 5.97 Å². The summed E-state index contributed by atoms with van der Waals surface area (Å²) >= 11 is 11.4. The van der Waals surface area contributed by atoms with Gasteiger partial charge in [0.05, 0.1) is 5.02 Å². The molecule has 1 rings (SSSR count). The van der Waals surface area contributed by atoms with Gasteiger partial charge in [0.2, 0.25) is 0 Å². The highest BCUT2D eigenvalue weighted by molar-refractivity contribution is 6.41. The zero-order chi connectivity index (χ0) is 13.7. The first-order valence-corrected chi connectivity index (χ1v) is 6.22. The molecule has 0 fully saturated rings. The number of carbonyl (C=O) groups excluding carboxylic acids is 1. The van der Waals surface area contributed by atoms with E-state index >= 15 is 0 Å². The summed E-state index contributed by atoms with van der Waals surface area (Å²) in [6.45, 7) is 1.81. The molecule has 0 aliphatic rings. The van der Waals surface area contributed by atoms with Crippen LogP contribution in [0.3, 0.4) is 0 Å². The number of halogens is 2. The van der Waals surface area contributed by atoms with Crippen molar-refractivity contribution < 1.29 is 14.7 Å². The van der Waals surface area contributed by atoms with Crippen molar-refractivity contribution in [2.45, 2.75) is 32.2 Å². The lowest BCUT2D eigenvalue weighted by Crippen LogP contribution is -2.32. The Kier molecular flexibility index (Phi) is 5.50. The van der Waals surface area contributed by atoms with Crippen LogP contribution in [0.25, 0.3) is 0 Å². The molecule has 5 nitrogen and oxygen atoms in total. The number of amides is 1. The summed E-state index contributed by atoms with van der Waals surface area (Å²) in [5.74, 6) is -1.15. The van der Waals surface area contributed by atoms with E-state index in [1.165, 1.54) is 6.07 Å². The van der Waals surface area contributed by atoms with Gasteiger partial charge in [0.15, 0.2) is 0 Å². The summed E-state index contributed by atoms with van der Waals surface area (Å²) in [4.78, 5) is 24.7. The molecule has 0 bridgehead atoms. The lowest BCUT2D eigenvalue weighted by molar-refractivity contribution is -0.137. The highest BCUT2D eigenvalue weighted by atomic mass is 35.5. The summed E-state index contributed by atoms with van der Waals surface area (Å²) in [7, 11) is 0. The van der Waals surface area contributed by atoms with Gasteiger partial charge in [-0.1, -0.05) is 23.2 Å². The van der Waals surface area contributed by atoms with Gasteiger partial charge in [-0.05, 0) is 25.8 Å². The number of carboxylic acids is 1. The zero-order valence-electron chi connectivity index (χ0n) is 9.80. The highest BCUT2D eigenvalue weighted by Gasteiger charge is 2.14. The summed E-state index contributed by atoms with van der Waals surface area (Å²) in [6, 6.07) is 1.33. The molecular weight excluding hydrogens is 279 g/mol. The van der Waals surface area contributed by atoms with Crippen molar-refractivity contribution in [2.75, 3.05) is 0 Å². The molecule has 0 saturated heterocycles. The van der Waals surface area contributed by atoms with E-state index in [4.69, 9.17) is 28.3 Å². The third-order valence-electron chi connectivity index (χ3n) is 2.38. The smallest absolute Gasteiger partial charge is 0.303 e. The number of hydrogen-bond donors (Lipinski definition) is 3. The normalized spacial score (nSPS) is 12.2. The van der Waals surface area contributed by atoms with Crippen LogP contribution in [0.5, 0.6) is 0 Å². The molecule has 1 amide bonds. The van der Waals surface area contributed by atoms with E-state index in [-0.39, 0.29) is 29.2 Å². The fourth-order valence-corrected chi connectivity index (χ4v) is 1.77. The van der Waals surface area contributed by atoms with E-state index in [1.54, 1.807) is 0 Å². The van der Waals surface area contributed by atoms with Crippen LogP contribution in [0, 0.1) is 0 Å². The van der Waals surface area contributed by atoms with Crippen LogP contribution in [-0.4, -0.2) is 28.0 Å². The monoisotopic (exact) mass is 292 g/mol. The Hall–Kier alpha value is -1.20. The lowest BCUT2D eigenvalue weighted by atomic mass is 10.1. The number of nitrogens with one attached hydrogen (secondary N) is 2. The first-order chi connectivity index (χ1) is 8.40. The molecule has 0 aliphatic heterocycles. The molecule has 0 radical (unpaired) electrons. The van der Waals surface area contributed by atoms with Gasteiger partial charge < -0.3 is 15.4 Å². The van der Waals surface area contributed by atoms with Crippen molar-refractivity contribution in [1.82, 2.24) is 10.3 Å². The maximum atomic E-state index is 11.7. The van der Waals surface area contributed by atoms with Crippen LogP contribution in [-0.2, 0) is 4.79 Å². The molecule has 0 aromatic carbocycles. The molecule has 7 heteroatoms. The molecule has 1 heterocycles. The second-order valence-electron chi connectivity index (χ2n) is 4.01. The van der Waals surface area contributed by atoms with E-state index in [0.29, 0.717) is 17.9 Å². The summed E-state index contributed by atoms with van der Waals surface area (Å²) in [5, 5.41) is 11.7. The Morgan fingerprint density at radius 3 is 2.67 bits per heavy atom. The van der Waals surface area contributed by atoms with Crippen molar-refractivity contribution in [1.29, 1.82) is 0 Å². The quantitative estimate of drug-likeness (QED) is 0.754. The number of aromatic nitrogens is 1. The number of hydrogen-bond acceptors (Lipinski definition) is 2. The minimum atomic E-state index is -0.837. The number of aliphatic carboxylic acids is 1. The zero-order valence-corrected chi connectivity index (χ0v) is 11.3. The highest BCUT2D eigenvalue weighted by Crippen LogP contribution is 2.21. The van der Waals surface area contributed by atoms with Crippen LogP contribution < -0.4 is 5.32 Å². The molecular formula is C11H14Cl2N2O3. The number of rotatable bonds is 6. The topological polar surface area (TPSA) is 82.2 Å². The van der Waals surface area contributed by atoms with Crippen LogP contribution in [0.15, 0.2) is 6.07 Å². The van der Waals surface area contributed by atoms with Gasteiger partial charge in [0, 0.05) is 12.5 Å². The van der Waals surface area contributed by atoms with Gasteiger partial charge in [-0.25, -0.2) is 0 Å². The van der Waals surface area contributed by atoms with E-state index in [2.05, 4.69) is 10.3 Å². The Bertz CT molecular complexity index is 426. The maximum Gasteiger partial charge on any atom is 0.303 e. The number of carbonyl (C=O) groups is 2. The van der Waals surface area contributed by atoms with Gasteiger partial charge in [0.25, 0.3) is 5.91 Å². The SMILES string of the molecule is CC(CCCC(=O)O)NC(=O)c1cc(Cl)c(Cl)[nH]1. The minimum absolute atomic E-state index is 0.0976. The average Bonchev–Trinajstić information content (AvgIpc) is 2.58. The van der Waals surface area contributed by atoms with Crippen molar-refractivity contribution in [3.63, 3.8) is 0 Å². The van der Waals surface area contributed by atoms with Gasteiger partial charge in [-0.3, -0.25) is 9.59 Å². The van der Waals surface area contributed by atoms with Gasteiger partial charge in [-0.15, -0.1) is 0 Å². The lowest BCUT2D eigenvalue weighted by Gasteiger charge is -2.12. The summed E-state index contributed by atoms with van der Waals surface area (Å²) < 4.78 is 0. The van der Waals surface area contributed by atoms with E-state index in [0.717, 1.165) is 0 Å². The van der Waals surface area contributed by atoms with E-state index in [9.17, 15) is 9.59 Å². The fourth-order valence-electron chi connectivity index (χ4n) is 1.46. The summed E-state index contributed by atoms with van der Waals surface area (Å²) in [5.41, 5.74) is 0.287. The van der Waals surface area contributed by atoms with E-state index in [1.807, 2.05) is 6.92 Å². The first-order valence-electron chi connectivity index (χ1n) is 5.46. The molecule has 100 valence electrons. The molecule has 1 atom stereocenters. The van der Waals surface area contributed by atoms with Crippen LogP contribution >= 0.6 is 23.2 Å². The standard InChI is InChI=1S/C11H14Cl2N2O3/c1-6(3-2-4-9(16)17)14-11(18)8-5-7(12)10(13)15-8/h5-6,15H,2-4H2,1H3,(H,14,18)(H,16,17). The van der Waals surface area contributed by atoms with Crippen LogP contribution in [0.1, 0.15) is 36.7 Å². The largest absolute Gasteiger partial charge is 0.481 e. The molecule has 0 spiro atoms. The van der Waals surface area contributed by atoms with Gasteiger partial charge in [0.1, 0.15) is 10.8 Å². The predicted molar refractivity (Wildman–Crippen MR) is 69.2 cm³/mol. The van der Waals surface area contributed by atoms with Gasteiger partial charge >= 0.3 is 5.97 Å². The second kappa shape index (κ2) is 6.66. The second-order valence-corrected chi connectivity index (χ2v) is 4.79. The Labute approximate surface area is 114 Å². The predicted octanol–water partition coefficient (Wildman–Crippen LogP) is 2.69. The Morgan fingerprint density at radius 2 is 2.17 bits per heavy atom. The molecule has 1 aromatic heterocycles. The fraction of sp³-hybridized carbons (Fsp3) is 0.455. The number of aromatic amines is 1. The number of H-pyrrole nitrogens is 1. The van der Waals surface area contributed by atoms with Crippen molar-refractivity contribution in [3.8, 4) is 0 Å². The Morgan fingerprint density at radius 1 is 1.50 bits per heavy atom. The van der Waals surface area contributed by atoms with Gasteiger partial charge in [-0.2, -0.15) is 0 Å². The third-order valence-corrected chi connectivity index (χ3v) is 3.07. The molecule has 18 heavy (non-hydrogen) atoms.